The molecule has 0 saturated carbocycles. The number of rotatable bonds is 3. The quantitative estimate of drug-likeness (QED) is 0.615. The first-order chi connectivity index (χ1) is 8.74. The van der Waals surface area contributed by atoms with Gasteiger partial charge < -0.3 is 14.8 Å². The van der Waals surface area contributed by atoms with E-state index in [1.807, 2.05) is 4.90 Å². The smallest absolute Gasteiger partial charge is 0.225 e. The number of ether oxygens (including phenoxy) is 1. The van der Waals surface area contributed by atoms with Crippen LogP contribution in [-0.2, 0) is 9.53 Å². The second-order valence-corrected chi connectivity index (χ2v) is 5.13. The Bertz CT molecular complexity index is 324. The molecule has 2 rings (SSSR count). The Morgan fingerprint density at radius 3 is 3.06 bits per heavy atom. The molecule has 0 radical (unpaired) electrons. The average molecular weight is 254 g/mol. The van der Waals surface area contributed by atoms with Gasteiger partial charge in [-0.1, -0.05) is 12.1 Å². The Morgan fingerprint density at radius 1 is 1.61 bits per heavy atom. The molecule has 5 heteroatoms. The number of hydrogen-bond acceptors (Lipinski definition) is 4. The average Bonchev–Trinajstić information content (AvgIpc) is 2.90. The van der Waals surface area contributed by atoms with Crippen LogP contribution in [0.4, 0.5) is 0 Å². The van der Waals surface area contributed by atoms with Crippen LogP contribution in [0.3, 0.4) is 0 Å². The van der Waals surface area contributed by atoms with Gasteiger partial charge in [-0.15, -0.1) is 0 Å². The van der Waals surface area contributed by atoms with Crippen LogP contribution >= 0.6 is 0 Å². The fraction of sp³-hybridized carbons (Fsp3) is 0.846. The second-order valence-electron chi connectivity index (χ2n) is 5.13. The van der Waals surface area contributed by atoms with Crippen molar-refractivity contribution in [1.29, 1.82) is 0 Å². The van der Waals surface area contributed by atoms with Crippen LogP contribution < -0.4 is 0 Å². The molecule has 0 aromatic rings. The lowest BCUT2D eigenvalue weighted by molar-refractivity contribution is -0.134. The van der Waals surface area contributed by atoms with E-state index in [1.165, 1.54) is 0 Å². The first-order valence-corrected chi connectivity index (χ1v) is 6.84. The molecule has 2 atom stereocenters. The number of amides is 1. The van der Waals surface area contributed by atoms with Crippen molar-refractivity contribution in [3.8, 4) is 0 Å². The molecule has 5 nitrogen and oxygen atoms in total. The highest BCUT2D eigenvalue weighted by molar-refractivity contribution is 5.89. The predicted octanol–water partition coefficient (Wildman–Crippen LogP) is 1.64. The number of piperidine rings is 1. The van der Waals surface area contributed by atoms with E-state index in [1.54, 1.807) is 0 Å². The lowest BCUT2D eigenvalue weighted by atomic mass is 9.93. The third-order valence-corrected chi connectivity index (χ3v) is 3.95. The molecule has 0 aliphatic carbocycles. The highest BCUT2D eigenvalue weighted by Crippen LogP contribution is 2.21. The Balaban J connectivity index is 1.87. The molecule has 102 valence electrons. The number of hydrogen-bond donors (Lipinski definition) is 1. The Morgan fingerprint density at radius 2 is 2.44 bits per heavy atom. The molecule has 18 heavy (non-hydrogen) atoms. The van der Waals surface area contributed by atoms with Gasteiger partial charge in [0.25, 0.3) is 0 Å². The molecule has 2 heterocycles. The molecule has 1 N–H and O–H groups in total. The summed E-state index contributed by atoms with van der Waals surface area (Å²) in [6.45, 7) is 4.20. The van der Waals surface area contributed by atoms with E-state index >= 15 is 0 Å². The molecule has 2 unspecified atom stereocenters. The van der Waals surface area contributed by atoms with Gasteiger partial charge in [-0.25, -0.2) is 0 Å². The van der Waals surface area contributed by atoms with Gasteiger partial charge in [0.15, 0.2) is 0 Å². The summed E-state index contributed by atoms with van der Waals surface area (Å²) in [7, 11) is 0. The Kier molecular flexibility index (Phi) is 4.58. The van der Waals surface area contributed by atoms with Crippen molar-refractivity contribution in [3.63, 3.8) is 0 Å². The normalized spacial score (nSPS) is 30.9. The van der Waals surface area contributed by atoms with Gasteiger partial charge in [0.1, 0.15) is 0 Å². The van der Waals surface area contributed by atoms with Crippen molar-refractivity contribution < 1.29 is 14.7 Å². The first kappa shape index (κ1) is 13.3. The van der Waals surface area contributed by atoms with E-state index in [-0.39, 0.29) is 17.9 Å². The minimum Gasteiger partial charge on any atom is -0.411 e. The van der Waals surface area contributed by atoms with Gasteiger partial charge in [-0.05, 0) is 19.3 Å². The highest BCUT2D eigenvalue weighted by Gasteiger charge is 2.29. The van der Waals surface area contributed by atoms with E-state index < -0.39 is 0 Å². The number of likely N-dealkylation sites (tertiary alicyclic amines) is 1. The van der Waals surface area contributed by atoms with E-state index in [9.17, 15) is 4.79 Å². The topological polar surface area (TPSA) is 62.1 Å². The summed E-state index contributed by atoms with van der Waals surface area (Å²) in [6, 6.07) is 0. The number of carbonyl (C=O) groups excluding carboxylic acids is 1. The fourth-order valence-electron chi connectivity index (χ4n) is 2.77. The summed E-state index contributed by atoms with van der Waals surface area (Å²) in [5.74, 6) is 0.384. The number of oxime groups is 1. The van der Waals surface area contributed by atoms with Crippen molar-refractivity contribution >= 4 is 11.6 Å². The molecule has 0 aromatic carbocycles. The van der Waals surface area contributed by atoms with Crippen molar-refractivity contribution in [2.24, 2.45) is 11.1 Å². The minimum absolute atomic E-state index is 0.116. The molecule has 0 bridgehead atoms. The third-order valence-electron chi connectivity index (χ3n) is 3.95. The lowest BCUT2D eigenvalue weighted by Gasteiger charge is -2.33. The van der Waals surface area contributed by atoms with Crippen molar-refractivity contribution in [3.05, 3.63) is 0 Å². The van der Waals surface area contributed by atoms with Crippen molar-refractivity contribution in [2.75, 3.05) is 19.7 Å². The SMILES string of the molecule is CCC1CN(C(=O)CC2CCCO2)CCC1=NO. The third kappa shape index (κ3) is 3.02. The van der Waals surface area contributed by atoms with E-state index in [0.717, 1.165) is 31.6 Å². The lowest BCUT2D eigenvalue weighted by Crippen LogP contribution is -2.44. The Hall–Kier alpha value is -1.10. The van der Waals surface area contributed by atoms with Gasteiger partial charge >= 0.3 is 0 Å². The zero-order chi connectivity index (χ0) is 13.0. The summed E-state index contributed by atoms with van der Waals surface area (Å²) in [4.78, 5) is 14.0. The zero-order valence-electron chi connectivity index (χ0n) is 11.0. The van der Waals surface area contributed by atoms with Gasteiger partial charge in [0.2, 0.25) is 5.91 Å². The molecular weight excluding hydrogens is 232 g/mol. The first-order valence-electron chi connectivity index (χ1n) is 6.84. The zero-order valence-corrected chi connectivity index (χ0v) is 11.0. The molecule has 1 amide bonds. The minimum atomic E-state index is 0.116. The summed E-state index contributed by atoms with van der Waals surface area (Å²) < 4.78 is 5.50. The van der Waals surface area contributed by atoms with Crippen molar-refractivity contribution in [1.82, 2.24) is 4.90 Å². The molecule has 0 aromatic heterocycles. The van der Waals surface area contributed by atoms with Crippen LogP contribution in [0.2, 0.25) is 0 Å². The van der Waals surface area contributed by atoms with Gasteiger partial charge in [0, 0.05) is 32.0 Å². The molecule has 2 saturated heterocycles. The van der Waals surface area contributed by atoms with E-state index in [4.69, 9.17) is 9.94 Å². The Labute approximate surface area is 108 Å². The molecule has 0 spiro atoms. The van der Waals surface area contributed by atoms with Crippen LogP contribution in [0.25, 0.3) is 0 Å². The standard InChI is InChI=1S/C13H22N2O3/c1-2-10-9-15(6-5-12(10)14-17)13(16)8-11-4-3-7-18-11/h10-11,17H,2-9H2,1H3. The van der Waals surface area contributed by atoms with E-state index in [0.29, 0.717) is 25.9 Å². The molecule has 2 aliphatic heterocycles. The van der Waals surface area contributed by atoms with Gasteiger partial charge in [-0.3, -0.25) is 4.79 Å². The van der Waals surface area contributed by atoms with Gasteiger partial charge in [0.05, 0.1) is 18.2 Å². The maximum atomic E-state index is 12.2. The van der Waals surface area contributed by atoms with Crippen LogP contribution in [0, 0.1) is 5.92 Å². The van der Waals surface area contributed by atoms with E-state index in [2.05, 4.69) is 12.1 Å². The highest BCUT2D eigenvalue weighted by atomic mass is 16.5. The fourth-order valence-corrected chi connectivity index (χ4v) is 2.77. The maximum Gasteiger partial charge on any atom is 0.225 e. The summed E-state index contributed by atoms with van der Waals surface area (Å²) in [6.07, 6.45) is 4.28. The largest absolute Gasteiger partial charge is 0.411 e. The summed E-state index contributed by atoms with van der Waals surface area (Å²) >= 11 is 0. The van der Waals surface area contributed by atoms with Gasteiger partial charge in [-0.2, -0.15) is 0 Å². The molecule has 2 fully saturated rings. The maximum absolute atomic E-state index is 12.2. The molecular formula is C13H22N2O3. The van der Waals surface area contributed by atoms with Crippen LogP contribution in [-0.4, -0.2) is 47.5 Å². The van der Waals surface area contributed by atoms with Crippen LogP contribution in [0.15, 0.2) is 5.16 Å². The van der Waals surface area contributed by atoms with Crippen molar-refractivity contribution in [2.45, 2.75) is 45.1 Å². The second kappa shape index (κ2) is 6.18. The summed E-state index contributed by atoms with van der Waals surface area (Å²) in [5.41, 5.74) is 0.832. The van der Waals surface area contributed by atoms with Crippen LogP contribution in [0.1, 0.15) is 39.0 Å². The molecule has 2 aliphatic rings. The number of nitrogens with zero attached hydrogens (tertiary/aromatic N) is 2. The monoisotopic (exact) mass is 254 g/mol. The van der Waals surface area contributed by atoms with Crippen LogP contribution in [0.5, 0.6) is 0 Å². The predicted molar refractivity (Wildman–Crippen MR) is 67.8 cm³/mol. The number of carbonyl (C=O) groups is 1. The summed E-state index contributed by atoms with van der Waals surface area (Å²) in [5, 5.41) is 12.3.